The van der Waals surface area contributed by atoms with Crippen LogP contribution < -0.4 is 9.47 Å². The number of pyridine rings is 1. The fourth-order valence-corrected chi connectivity index (χ4v) is 2.38. The number of hydrogen-bond acceptors (Lipinski definition) is 5. The van der Waals surface area contributed by atoms with E-state index in [1.807, 2.05) is 0 Å². The number of methoxy groups -OCH3 is 1. The van der Waals surface area contributed by atoms with Crippen LogP contribution in [0.2, 0.25) is 10.0 Å². The van der Waals surface area contributed by atoms with Crippen molar-refractivity contribution in [2.75, 3.05) is 13.4 Å². The molecule has 19 heavy (non-hydrogen) atoms. The minimum absolute atomic E-state index is 0.0729. The van der Waals surface area contributed by atoms with Crippen LogP contribution in [-0.4, -0.2) is 23.7 Å². The van der Waals surface area contributed by atoms with Crippen molar-refractivity contribution in [2.24, 2.45) is 0 Å². The molecule has 1 rings (SSSR count). The molecular formula is C9H6Cl5NO3S. The first-order chi connectivity index (χ1) is 8.72. The van der Waals surface area contributed by atoms with Crippen LogP contribution in [0.25, 0.3) is 0 Å². The maximum Gasteiger partial charge on any atom is 0.372 e. The van der Waals surface area contributed by atoms with Crippen LogP contribution >= 0.6 is 69.8 Å². The number of hydrogen-bond donors (Lipinski definition) is 0. The SMILES string of the molecule is COc1nc(C(Cl)(Cl)Cl)c(Cl)c(OC(=O)SC)c1Cl. The largest absolute Gasteiger partial charge is 0.480 e. The quantitative estimate of drug-likeness (QED) is 0.524. The first kappa shape index (κ1) is 17.3. The Labute approximate surface area is 138 Å². The van der Waals surface area contributed by atoms with E-state index >= 15 is 0 Å². The summed E-state index contributed by atoms with van der Waals surface area (Å²) >= 11 is 29.9. The lowest BCUT2D eigenvalue weighted by molar-refractivity contribution is 0.227. The van der Waals surface area contributed by atoms with Crippen molar-refractivity contribution in [2.45, 2.75) is 3.79 Å². The molecule has 0 unspecified atom stereocenters. The highest BCUT2D eigenvalue weighted by molar-refractivity contribution is 8.12. The molecule has 10 heteroatoms. The van der Waals surface area contributed by atoms with Gasteiger partial charge in [-0.05, 0) is 18.0 Å². The molecule has 4 nitrogen and oxygen atoms in total. The number of nitrogens with zero attached hydrogens (tertiary/aromatic N) is 1. The van der Waals surface area contributed by atoms with Crippen LogP contribution in [0.15, 0.2) is 0 Å². The third-order valence-electron chi connectivity index (χ3n) is 1.82. The molecule has 106 valence electrons. The van der Waals surface area contributed by atoms with Gasteiger partial charge >= 0.3 is 5.30 Å². The van der Waals surface area contributed by atoms with Crippen LogP contribution in [0.3, 0.4) is 0 Å². The molecule has 0 fully saturated rings. The Morgan fingerprint density at radius 2 is 1.84 bits per heavy atom. The van der Waals surface area contributed by atoms with Crippen molar-refractivity contribution < 1.29 is 14.3 Å². The minimum Gasteiger partial charge on any atom is -0.480 e. The molecule has 0 bridgehead atoms. The van der Waals surface area contributed by atoms with Crippen LogP contribution in [0.4, 0.5) is 4.79 Å². The van der Waals surface area contributed by atoms with Crippen molar-refractivity contribution in [1.29, 1.82) is 0 Å². The Balaban J connectivity index is 3.47. The van der Waals surface area contributed by atoms with Crippen LogP contribution in [0, 0.1) is 0 Å². The summed E-state index contributed by atoms with van der Waals surface area (Å²) in [5.74, 6) is -0.243. The summed E-state index contributed by atoms with van der Waals surface area (Å²) < 4.78 is 7.96. The van der Waals surface area contributed by atoms with Gasteiger partial charge in [0.15, 0.2) is 5.75 Å². The lowest BCUT2D eigenvalue weighted by Gasteiger charge is -2.17. The van der Waals surface area contributed by atoms with Crippen LogP contribution in [0.1, 0.15) is 5.69 Å². The summed E-state index contributed by atoms with van der Waals surface area (Å²) in [6, 6.07) is 0. The van der Waals surface area contributed by atoms with Crippen molar-refractivity contribution in [3.05, 3.63) is 15.7 Å². The van der Waals surface area contributed by atoms with Gasteiger partial charge in [-0.1, -0.05) is 58.0 Å². The van der Waals surface area contributed by atoms with Gasteiger partial charge in [0.25, 0.3) is 0 Å². The van der Waals surface area contributed by atoms with Crippen molar-refractivity contribution in [3.63, 3.8) is 0 Å². The second-order valence-corrected chi connectivity index (χ2v) is 6.76. The lowest BCUT2D eigenvalue weighted by atomic mass is 10.3. The standard InChI is InChI=1S/C9H6Cl5NO3S/c1-17-7-4(11)5(18-8(16)19-2)3(10)6(15-7)9(12,13)14/h1-2H3. The summed E-state index contributed by atoms with van der Waals surface area (Å²) in [4.78, 5) is 15.2. The number of carbonyl (C=O) groups is 1. The molecule has 1 aromatic heterocycles. The summed E-state index contributed by atoms with van der Waals surface area (Å²) in [5.41, 5.74) is -0.149. The van der Waals surface area contributed by atoms with E-state index in [9.17, 15) is 4.79 Å². The molecule has 0 aliphatic rings. The molecule has 0 spiro atoms. The highest BCUT2D eigenvalue weighted by Gasteiger charge is 2.33. The van der Waals surface area contributed by atoms with Gasteiger partial charge in [0.1, 0.15) is 15.7 Å². The predicted molar refractivity (Wildman–Crippen MR) is 79.6 cm³/mol. The number of thioether (sulfide) groups is 1. The van der Waals surface area contributed by atoms with Crippen molar-refractivity contribution in [1.82, 2.24) is 4.98 Å². The van der Waals surface area contributed by atoms with Gasteiger partial charge in [0.05, 0.1) is 7.11 Å². The first-order valence-electron chi connectivity index (χ1n) is 4.48. The highest BCUT2D eigenvalue weighted by Crippen LogP contribution is 2.48. The molecule has 0 aromatic carbocycles. The van der Waals surface area contributed by atoms with E-state index in [0.717, 1.165) is 11.8 Å². The van der Waals surface area contributed by atoms with Crippen LogP contribution in [-0.2, 0) is 3.79 Å². The summed E-state index contributed by atoms with van der Waals surface area (Å²) in [7, 11) is 1.31. The monoisotopic (exact) mass is 383 g/mol. The Morgan fingerprint density at radius 1 is 1.26 bits per heavy atom. The summed E-state index contributed by atoms with van der Waals surface area (Å²) in [5, 5.41) is -0.895. The Hall–Kier alpha value is 0.220. The van der Waals surface area contributed by atoms with Gasteiger partial charge in [0.2, 0.25) is 9.67 Å². The molecule has 0 amide bonds. The van der Waals surface area contributed by atoms with E-state index < -0.39 is 9.09 Å². The highest BCUT2D eigenvalue weighted by atomic mass is 35.6. The number of ether oxygens (including phenoxy) is 2. The second kappa shape index (κ2) is 6.78. The number of alkyl halides is 3. The fourth-order valence-electron chi connectivity index (χ4n) is 1.04. The van der Waals surface area contributed by atoms with E-state index in [2.05, 4.69) is 4.98 Å². The zero-order valence-corrected chi connectivity index (χ0v) is 14.1. The molecular weight excluding hydrogens is 379 g/mol. The summed E-state index contributed by atoms with van der Waals surface area (Å²) in [6.07, 6.45) is 1.53. The lowest BCUT2D eigenvalue weighted by Crippen LogP contribution is -2.10. The molecule has 1 aromatic rings. The van der Waals surface area contributed by atoms with E-state index in [0.29, 0.717) is 0 Å². The molecule has 1 heterocycles. The third-order valence-corrected chi connectivity index (χ3v) is 3.46. The molecule has 0 aliphatic heterocycles. The van der Waals surface area contributed by atoms with Gasteiger partial charge < -0.3 is 9.47 Å². The maximum absolute atomic E-state index is 11.3. The van der Waals surface area contributed by atoms with Crippen LogP contribution in [0.5, 0.6) is 11.6 Å². The first-order valence-corrected chi connectivity index (χ1v) is 7.59. The second-order valence-electron chi connectivity index (χ2n) is 2.98. The van der Waals surface area contributed by atoms with E-state index in [4.69, 9.17) is 67.5 Å². The number of rotatable bonds is 2. The normalized spacial score (nSPS) is 11.3. The predicted octanol–water partition coefficient (Wildman–Crippen LogP) is 5.09. The number of aromatic nitrogens is 1. The van der Waals surface area contributed by atoms with Gasteiger partial charge in [-0.3, -0.25) is 0 Å². The van der Waals surface area contributed by atoms with Gasteiger partial charge in [-0.2, -0.15) is 0 Å². The zero-order valence-electron chi connectivity index (χ0n) is 9.47. The van der Waals surface area contributed by atoms with Gasteiger partial charge in [-0.25, -0.2) is 9.78 Å². The van der Waals surface area contributed by atoms with Crippen molar-refractivity contribution in [3.8, 4) is 11.6 Å². The number of halogens is 5. The molecule has 0 saturated carbocycles. The van der Waals surface area contributed by atoms with Gasteiger partial charge in [0, 0.05) is 0 Å². The Bertz CT molecular complexity index is 506. The fraction of sp³-hybridized carbons (Fsp3) is 0.333. The molecule has 0 N–H and O–H groups in total. The molecule has 0 atom stereocenters. The van der Waals surface area contributed by atoms with E-state index in [1.54, 1.807) is 0 Å². The maximum atomic E-state index is 11.3. The molecule has 0 aliphatic carbocycles. The van der Waals surface area contributed by atoms with E-state index in [1.165, 1.54) is 13.4 Å². The van der Waals surface area contributed by atoms with Crippen molar-refractivity contribution >= 4 is 75.1 Å². The average Bonchev–Trinajstić information content (AvgIpc) is 2.32. The van der Waals surface area contributed by atoms with E-state index in [-0.39, 0.29) is 27.4 Å². The molecule has 0 radical (unpaired) electrons. The molecule has 0 saturated heterocycles. The summed E-state index contributed by atoms with van der Waals surface area (Å²) in [6.45, 7) is 0. The number of carbonyl (C=O) groups excluding carboxylic acids is 1. The topological polar surface area (TPSA) is 48.4 Å². The minimum atomic E-state index is -1.92. The smallest absolute Gasteiger partial charge is 0.372 e. The third kappa shape index (κ3) is 4.09. The Kier molecular flexibility index (Phi) is 6.17. The average molecular weight is 385 g/mol. The van der Waals surface area contributed by atoms with Gasteiger partial charge in [-0.15, -0.1) is 0 Å². The zero-order chi connectivity index (χ0) is 14.8. The Morgan fingerprint density at radius 3 is 2.26 bits per heavy atom.